The van der Waals surface area contributed by atoms with E-state index >= 15 is 0 Å². The highest BCUT2D eigenvalue weighted by Crippen LogP contribution is 2.14. The smallest absolute Gasteiger partial charge is 0.191 e. The van der Waals surface area contributed by atoms with Gasteiger partial charge in [-0.2, -0.15) is 0 Å². The van der Waals surface area contributed by atoms with Gasteiger partial charge in [0.05, 0.1) is 5.69 Å². The van der Waals surface area contributed by atoms with Crippen molar-refractivity contribution in [3.8, 4) is 0 Å². The zero-order chi connectivity index (χ0) is 20.8. The summed E-state index contributed by atoms with van der Waals surface area (Å²) >= 11 is 0. The number of halogens is 1. The number of piperidine rings is 1. The van der Waals surface area contributed by atoms with Crippen molar-refractivity contribution in [1.82, 2.24) is 24.9 Å². The van der Waals surface area contributed by atoms with Gasteiger partial charge in [-0.1, -0.05) is 36.4 Å². The topological polar surface area (TPSA) is 57.0 Å². The van der Waals surface area contributed by atoms with Crippen LogP contribution in [0.3, 0.4) is 0 Å². The van der Waals surface area contributed by atoms with E-state index in [0.29, 0.717) is 6.04 Å². The van der Waals surface area contributed by atoms with Crippen LogP contribution in [0, 0.1) is 6.92 Å². The summed E-state index contributed by atoms with van der Waals surface area (Å²) in [7, 11) is 1.84. The molecule has 0 radical (unpaired) electrons. The molecule has 0 bridgehead atoms. The van der Waals surface area contributed by atoms with Crippen LogP contribution in [0.25, 0.3) is 5.65 Å². The molecule has 6 nitrogen and oxygen atoms in total. The van der Waals surface area contributed by atoms with Crippen LogP contribution in [0.15, 0.2) is 59.9 Å². The van der Waals surface area contributed by atoms with E-state index in [-0.39, 0.29) is 24.0 Å². The summed E-state index contributed by atoms with van der Waals surface area (Å²) in [4.78, 5) is 11.7. The van der Waals surface area contributed by atoms with Crippen LogP contribution in [-0.2, 0) is 13.0 Å². The quantitative estimate of drug-likeness (QED) is 0.289. The highest BCUT2D eigenvalue weighted by Gasteiger charge is 2.20. The number of imidazole rings is 1. The number of pyridine rings is 1. The molecule has 7 heteroatoms. The maximum absolute atomic E-state index is 4.76. The molecule has 1 saturated heterocycles. The Kier molecular flexibility index (Phi) is 8.71. The molecule has 2 aromatic heterocycles. The zero-order valence-electron chi connectivity index (χ0n) is 18.4. The van der Waals surface area contributed by atoms with Gasteiger partial charge >= 0.3 is 0 Å². The molecule has 2 N–H and O–H groups in total. The van der Waals surface area contributed by atoms with Crippen LogP contribution >= 0.6 is 24.0 Å². The van der Waals surface area contributed by atoms with Crippen LogP contribution in [-0.4, -0.2) is 53.0 Å². The maximum atomic E-state index is 4.76. The van der Waals surface area contributed by atoms with Crippen LogP contribution in [0.5, 0.6) is 0 Å². The molecule has 1 atom stereocenters. The number of aromatic nitrogens is 2. The molecule has 1 aliphatic heterocycles. The molecular formula is C24H33IN6. The van der Waals surface area contributed by atoms with Crippen molar-refractivity contribution in [2.24, 2.45) is 4.99 Å². The van der Waals surface area contributed by atoms with E-state index in [4.69, 9.17) is 4.98 Å². The molecule has 3 aromatic rings. The number of guanidine groups is 1. The third-order valence-electron chi connectivity index (χ3n) is 5.72. The summed E-state index contributed by atoms with van der Waals surface area (Å²) in [6, 6.07) is 15.3. The number of benzene rings is 1. The summed E-state index contributed by atoms with van der Waals surface area (Å²) in [5.41, 5.74) is 4.71. The Morgan fingerprint density at radius 3 is 2.81 bits per heavy atom. The summed E-state index contributed by atoms with van der Waals surface area (Å²) in [6.45, 7) is 6.12. The minimum Gasteiger partial charge on any atom is -0.356 e. The van der Waals surface area contributed by atoms with E-state index < -0.39 is 0 Å². The zero-order valence-corrected chi connectivity index (χ0v) is 20.8. The highest BCUT2D eigenvalue weighted by atomic mass is 127. The van der Waals surface area contributed by atoms with E-state index in [0.717, 1.165) is 49.9 Å². The van der Waals surface area contributed by atoms with Crippen molar-refractivity contribution < 1.29 is 0 Å². The molecular weight excluding hydrogens is 499 g/mol. The van der Waals surface area contributed by atoms with Gasteiger partial charge in [0.15, 0.2) is 5.96 Å². The Labute approximate surface area is 202 Å². The van der Waals surface area contributed by atoms with Crippen LogP contribution in [0.1, 0.15) is 29.7 Å². The number of aliphatic imine (C=N–C) groups is 1. The second-order valence-electron chi connectivity index (χ2n) is 8.11. The standard InChI is InChI=1S/C24H32N6.HI/c1-19-8-6-15-30-18-22(27-23(19)30)12-13-26-24(25-2)28-21-11-7-14-29(17-21)16-20-9-4-3-5-10-20;/h3-6,8-10,15,18,21H,7,11-14,16-17H2,1-2H3,(H2,25,26,28);1H. The van der Waals surface area contributed by atoms with Crippen LogP contribution in [0.2, 0.25) is 0 Å². The van der Waals surface area contributed by atoms with Crippen LogP contribution in [0.4, 0.5) is 0 Å². The van der Waals surface area contributed by atoms with Gasteiger partial charge in [-0.3, -0.25) is 9.89 Å². The number of hydrogen-bond acceptors (Lipinski definition) is 3. The van der Waals surface area contributed by atoms with Gasteiger partial charge in [-0.25, -0.2) is 4.98 Å². The van der Waals surface area contributed by atoms with Gasteiger partial charge in [0, 0.05) is 51.5 Å². The predicted octanol–water partition coefficient (Wildman–Crippen LogP) is 3.63. The average Bonchev–Trinajstić information content (AvgIpc) is 3.18. The third-order valence-corrected chi connectivity index (χ3v) is 5.72. The molecule has 0 amide bonds. The molecule has 1 aromatic carbocycles. The van der Waals surface area contributed by atoms with Crippen molar-refractivity contribution in [3.05, 3.63) is 71.7 Å². The fraction of sp³-hybridized carbons (Fsp3) is 0.417. The lowest BCUT2D eigenvalue weighted by molar-refractivity contribution is 0.192. The Balaban J connectivity index is 0.00000272. The predicted molar refractivity (Wildman–Crippen MR) is 138 cm³/mol. The molecule has 3 heterocycles. The molecule has 0 aliphatic carbocycles. The first-order valence-corrected chi connectivity index (χ1v) is 10.9. The fourth-order valence-corrected chi connectivity index (χ4v) is 4.18. The van der Waals surface area contributed by atoms with E-state index in [9.17, 15) is 0 Å². The van der Waals surface area contributed by atoms with E-state index in [1.807, 2.05) is 7.05 Å². The number of aryl methyl sites for hydroxylation is 1. The lowest BCUT2D eigenvalue weighted by Gasteiger charge is -2.34. The Morgan fingerprint density at radius 1 is 1.19 bits per heavy atom. The van der Waals surface area contributed by atoms with Gasteiger partial charge in [-0.15, -0.1) is 24.0 Å². The van der Waals surface area contributed by atoms with Gasteiger partial charge < -0.3 is 15.0 Å². The number of likely N-dealkylation sites (tertiary alicyclic amines) is 1. The first kappa shape index (κ1) is 23.5. The monoisotopic (exact) mass is 532 g/mol. The van der Waals surface area contributed by atoms with E-state index in [1.54, 1.807) is 0 Å². The first-order chi connectivity index (χ1) is 14.7. The summed E-state index contributed by atoms with van der Waals surface area (Å²) in [5, 5.41) is 7.07. The molecule has 31 heavy (non-hydrogen) atoms. The van der Waals surface area contributed by atoms with Gasteiger partial charge in [-0.05, 0) is 43.5 Å². The lowest BCUT2D eigenvalue weighted by atomic mass is 10.0. The summed E-state index contributed by atoms with van der Waals surface area (Å²) in [6.07, 6.45) is 7.42. The van der Waals surface area contributed by atoms with Gasteiger partial charge in [0.2, 0.25) is 0 Å². The third kappa shape index (κ3) is 6.43. The highest BCUT2D eigenvalue weighted by molar-refractivity contribution is 14.0. The summed E-state index contributed by atoms with van der Waals surface area (Å²) in [5.74, 6) is 0.876. The van der Waals surface area contributed by atoms with Crippen molar-refractivity contribution in [1.29, 1.82) is 0 Å². The second-order valence-corrected chi connectivity index (χ2v) is 8.11. The number of fused-ring (bicyclic) bond motifs is 1. The van der Waals surface area contributed by atoms with Gasteiger partial charge in [0.25, 0.3) is 0 Å². The van der Waals surface area contributed by atoms with Crippen LogP contribution < -0.4 is 10.6 Å². The first-order valence-electron chi connectivity index (χ1n) is 10.9. The minimum absolute atomic E-state index is 0. The molecule has 0 spiro atoms. The van der Waals surface area contributed by atoms with E-state index in [2.05, 4.69) is 86.7 Å². The van der Waals surface area contributed by atoms with Crippen molar-refractivity contribution in [2.45, 2.75) is 38.8 Å². The Hall–Kier alpha value is -2.13. The largest absolute Gasteiger partial charge is 0.356 e. The molecule has 4 rings (SSSR count). The average molecular weight is 532 g/mol. The molecule has 1 aliphatic rings. The molecule has 1 fully saturated rings. The molecule has 0 saturated carbocycles. The van der Waals surface area contributed by atoms with Crippen molar-refractivity contribution in [2.75, 3.05) is 26.7 Å². The number of rotatable bonds is 6. The SMILES string of the molecule is CN=C(NCCc1cn2cccc(C)c2n1)NC1CCCN(Cc2ccccc2)C1.I. The number of nitrogens with one attached hydrogen (secondary N) is 2. The number of nitrogens with zero attached hydrogens (tertiary/aromatic N) is 4. The Bertz CT molecular complexity index is 984. The molecule has 1 unspecified atom stereocenters. The van der Waals surface area contributed by atoms with Crippen molar-refractivity contribution in [3.63, 3.8) is 0 Å². The van der Waals surface area contributed by atoms with Crippen molar-refractivity contribution >= 4 is 35.6 Å². The van der Waals surface area contributed by atoms with E-state index in [1.165, 1.54) is 24.0 Å². The Morgan fingerprint density at radius 2 is 2.03 bits per heavy atom. The normalized spacial score (nSPS) is 17.4. The fourth-order valence-electron chi connectivity index (χ4n) is 4.18. The number of hydrogen-bond donors (Lipinski definition) is 2. The summed E-state index contributed by atoms with van der Waals surface area (Å²) < 4.78 is 2.10. The maximum Gasteiger partial charge on any atom is 0.191 e. The lowest BCUT2D eigenvalue weighted by Crippen LogP contribution is -2.51. The second kappa shape index (κ2) is 11.5. The van der Waals surface area contributed by atoms with Gasteiger partial charge in [0.1, 0.15) is 5.65 Å². The molecule has 166 valence electrons. The minimum atomic E-state index is 0.